The fourth-order valence-electron chi connectivity index (χ4n) is 3.29. The van der Waals surface area contributed by atoms with Crippen LogP contribution in [0.15, 0.2) is 24.3 Å². The molecule has 0 radical (unpaired) electrons. The Hall–Kier alpha value is -1.63. The molecule has 2 fully saturated rings. The Morgan fingerprint density at radius 3 is 3.04 bits per heavy atom. The summed E-state index contributed by atoms with van der Waals surface area (Å²) in [4.78, 5) is 14.4. The number of rotatable bonds is 8. The van der Waals surface area contributed by atoms with E-state index in [0.717, 1.165) is 57.1 Å². The highest BCUT2D eigenvalue weighted by atomic mass is 16.5. The van der Waals surface area contributed by atoms with E-state index in [9.17, 15) is 4.79 Å². The third-order valence-electron chi connectivity index (χ3n) is 4.76. The maximum Gasteiger partial charge on any atom is 0.221 e. The molecule has 2 aliphatic heterocycles. The molecule has 2 saturated heterocycles. The molecule has 25 heavy (non-hydrogen) atoms. The van der Waals surface area contributed by atoms with E-state index >= 15 is 0 Å². The van der Waals surface area contributed by atoms with Crippen LogP contribution in [0.2, 0.25) is 0 Å². The molecule has 1 amide bonds. The number of carbonyl (C=O) groups excluding carboxylic acids is 1. The van der Waals surface area contributed by atoms with Gasteiger partial charge in [0.05, 0.1) is 13.2 Å². The lowest BCUT2D eigenvalue weighted by Gasteiger charge is -2.26. The van der Waals surface area contributed by atoms with Gasteiger partial charge in [0.2, 0.25) is 5.91 Å². The Balaban J connectivity index is 1.37. The summed E-state index contributed by atoms with van der Waals surface area (Å²) in [6.45, 7) is 6.74. The van der Waals surface area contributed by atoms with Gasteiger partial charge in [-0.05, 0) is 37.1 Å². The predicted octanol–water partition coefficient (Wildman–Crippen LogP) is 1.16. The summed E-state index contributed by atoms with van der Waals surface area (Å²) in [5.41, 5.74) is 1.07. The standard InChI is InChI=1S/C19H29N3O3/c23-19(14-17-4-2-6-20-17)21-15-16-3-1-5-18(13-16)25-12-9-22-7-10-24-11-8-22/h1,3,5,13,17,20H,2,4,6-12,14-15H2,(H,21,23). The predicted molar refractivity (Wildman–Crippen MR) is 96.7 cm³/mol. The van der Waals surface area contributed by atoms with Gasteiger partial charge in [0.15, 0.2) is 0 Å². The molecule has 0 bridgehead atoms. The van der Waals surface area contributed by atoms with Gasteiger partial charge in [-0.2, -0.15) is 0 Å². The van der Waals surface area contributed by atoms with E-state index in [1.54, 1.807) is 0 Å². The third-order valence-corrected chi connectivity index (χ3v) is 4.76. The zero-order valence-corrected chi connectivity index (χ0v) is 14.8. The molecule has 1 aromatic carbocycles. The number of carbonyl (C=O) groups is 1. The maximum absolute atomic E-state index is 12.0. The zero-order valence-electron chi connectivity index (χ0n) is 14.8. The number of benzene rings is 1. The minimum atomic E-state index is 0.109. The van der Waals surface area contributed by atoms with Crippen molar-refractivity contribution in [2.24, 2.45) is 0 Å². The van der Waals surface area contributed by atoms with Crippen LogP contribution in [0.25, 0.3) is 0 Å². The van der Waals surface area contributed by atoms with Gasteiger partial charge in [-0.25, -0.2) is 0 Å². The second kappa shape index (κ2) is 9.75. The van der Waals surface area contributed by atoms with E-state index in [0.29, 0.717) is 25.6 Å². The van der Waals surface area contributed by atoms with Crippen LogP contribution in [0.5, 0.6) is 5.75 Å². The minimum absolute atomic E-state index is 0.109. The zero-order chi connectivity index (χ0) is 17.3. The number of amides is 1. The van der Waals surface area contributed by atoms with Gasteiger partial charge in [0.1, 0.15) is 12.4 Å². The van der Waals surface area contributed by atoms with Crippen LogP contribution in [0.4, 0.5) is 0 Å². The summed E-state index contributed by atoms with van der Waals surface area (Å²) >= 11 is 0. The molecule has 1 unspecified atom stereocenters. The van der Waals surface area contributed by atoms with Crippen molar-refractivity contribution in [2.75, 3.05) is 46.0 Å². The number of hydrogen-bond acceptors (Lipinski definition) is 5. The lowest BCUT2D eigenvalue weighted by Crippen LogP contribution is -2.38. The lowest BCUT2D eigenvalue weighted by molar-refractivity contribution is -0.121. The SMILES string of the molecule is O=C(CC1CCCN1)NCc1cccc(OCCN2CCOCC2)c1. The molecule has 0 saturated carbocycles. The number of morpholine rings is 1. The normalized spacial score (nSPS) is 21.2. The quantitative estimate of drug-likeness (QED) is 0.739. The summed E-state index contributed by atoms with van der Waals surface area (Å²) < 4.78 is 11.2. The topological polar surface area (TPSA) is 62.8 Å². The lowest BCUT2D eigenvalue weighted by atomic mass is 10.1. The summed E-state index contributed by atoms with van der Waals surface area (Å²) in [6, 6.07) is 8.31. The molecule has 2 heterocycles. The number of hydrogen-bond donors (Lipinski definition) is 2. The van der Waals surface area contributed by atoms with Crippen molar-refractivity contribution >= 4 is 5.91 Å². The highest BCUT2D eigenvalue weighted by Crippen LogP contribution is 2.14. The summed E-state index contributed by atoms with van der Waals surface area (Å²) in [7, 11) is 0. The van der Waals surface area contributed by atoms with Gasteiger partial charge in [-0.15, -0.1) is 0 Å². The molecule has 3 rings (SSSR count). The average Bonchev–Trinajstić information content (AvgIpc) is 3.14. The molecule has 2 N–H and O–H groups in total. The molecule has 6 heteroatoms. The molecule has 0 aliphatic carbocycles. The Kier molecular flexibility index (Phi) is 7.09. The van der Waals surface area contributed by atoms with Gasteiger partial charge in [0.25, 0.3) is 0 Å². The number of nitrogens with zero attached hydrogens (tertiary/aromatic N) is 1. The Morgan fingerprint density at radius 1 is 1.36 bits per heavy atom. The van der Waals surface area contributed by atoms with Crippen molar-refractivity contribution in [3.8, 4) is 5.75 Å². The Bertz CT molecular complexity index is 540. The monoisotopic (exact) mass is 347 g/mol. The van der Waals surface area contributed by atoms with E-state index in [1.165, 1.54) is 6.42 Å². The second-order valence-corrected chi connectivity index (χ2v) is 6.72. The fourth-order valence-corrected chi connectivity index (χ4v) is 3.29. The van der Waals surface area contributed by atoms with Gasteiger partial charge in [0, 0.05) is 38.6 Å². The molecule has 1 atom stereocenters. The van der Waals surface area contributed by atoms with Crippen molar-refractivity contribution in [1.82, 2.24) is 15.5 Å². The van der Waals surface area contributed by atoms with E-state index in [4.69, 9.17) is 9.47 Å². The first kappa shape index (κ1) is 18.2. The van der Waals surface area contributed by atoms with Crippen molar-refractivity contribution in [3.05, 3.63) is 29.8 Å². The molecule has 0 aromatic heterocycles. The summed E-state index contributed by atoms with van der Waals surface area (Å²) in [5.74, 6) is 0.968. The molecule has 6 nitrogen and oxygen atoms in total. The van der Waals surface area contributed by atoms with E-state index in [-0.39, 0.29) is 5.91 Å². The fraction of sp³-hybridized carbons (Fsp3) is 0.632. The van der Waals surface area contributed by atoms with Gasteiger partial charge < -0.3 is 20.1 Å². The number of ether oxygens (including phenoxy) is 2. The van der Waals surface area contributed by atoms with Crippen LogP contribution in [0, 0.1) is 0 Å². The van der Waals surface area contributed by atoms with Crippen molar-refractivity contribution in [3.63, 3.8) is 0 Å². The second-order valence-electron chi connectivity index (χ2n) is 6.72. The van der Waals surface area contributed by atoms with Gasteiger partial charge in [-0.1, -0.05) is 12.1 Å². The first-order valence-corrected chi connectivity index (χ1v) is 9.31. The summed E-state index contributed by atoms with van der Waals surface area (Å²) in [5, 5.41) is 6.36. The largest absolute Gasteiger partial charge is 0.492 e. The number of nitrogens with one attached hydrogen (secondary N) is 2. The summed E-state index contributed by atoms with van der Waals surface area (Å²) in [6.07, 6.45) is 2.83. The molecule has 0 spiro atoms. The molecule has 1 aromatic rings. The average molecular weight is 347 g/mol. The van der Waals surface area contributed by atoms with E-state index in [2.05, 4.69) is 15.5 Å². The first-order valence-electron chi connectivity index (χ1n) is 9.31. The Morgan fingerprint density at radius 2 is 2.24 bits per heavy atom. The highest BCUT2D eigenvalue weighted by Gasteiger charge is 2.17. The van der Waals surface area contributed by atoms with Gasteiger partial charge in [-0.3, -0.25) is 9.69 Å². The van der Waals surface area contributed by atoms with Crippen LogP contribution in [-0.4, -0.2) is 62.8 Å². The Labute approximate surface area is 149 Å². The van der Waals surface area contributed by atoms with Gasteiger partial charge >= 0.3 is 0 Å². The van der Waals surface area contributed by atoms with Crippen LogP contribution in [0.3, 0.4) is 0 Å². The molecule has 138 valence electrons. The smallest absolute Gasteiger partial charge is 0.221 e. The van der Waals surface area contributed by atoms with Crippen LogP contribution in [-0.2, 0) is 16.1 Å². The van der Waals surface area contributed by atoms with Crippen LogP contribution in [0.1, 0.15) is 24.8 Å². The van der Waals surface area contributed by atoms with E-state index < -0.39 is 0 Å². The van der Waals surface area contributed by atoms with Crippen LogP contribution >= 0.6 is 0 Å². The van der Waals surface area contributed by atoms with Crippen molar-refractivity contribution < 1.29 is 14.3 Å². The third kappa shape index (κ3) is 6.30. The van der Waals surface area contributed by atoms with Crippen molar-refractivity contribution in [2.45, 2.75) is 31.8 Å². The van der Waals surface area contributed by atoms with Crippen LogP contribution < -0.4 is 15.4 Å². The maximum atomic E-state index is 12.0. The first-order chi connectivity index (χ1) is 12.3. The minimum Gasteiger partial charge on any atom is -0.492 e. The highest BCUT2D eigenvalue weighted by molar-refractivity contribution is 5.76. The van der Waals surface area contributed by atoms with Crippen molar-refractivity contribution in [1.29, 1.82) is 0 Å². The van der Waals surface area contributed by atoms with E-state index in [1.807, 2.05) is 24.3 Å². The molecular formula is C19H29N3O3. The molecular weight excluding hydrogens is 318 g/mol. The molecule has 2 aliphatic rings.